The van der Waals surface area contributed by atoms with Gasteiger partial charge >= 0.3 is 5.97 Å². The van der Waals surface area contributed by atoms with Crippen molar-refractivity contribution >= 4 is 17.1 Å². The number of carboxylic acid groups (broad SMARTS) is 1. The number of unbranched alkanes of at least 4 members (excludes halogenated alkanes) is 1. The van der Waals surface area contributed by atoms with Crippen molar-refractivity contribution in [1.29, 1.82) is 0 Å². The lowest BCUT2D eigenvalue weighted by Crippen LogP contribution is -2.03. The number of nitrogens with zero attached hydrogens (tertiary/aromatic N) is 3. The van der Waals surface area contributed by atoms with Gasteiger partial charge in [0, 0.05) is 24.7 Å². The molecular weight excluding hydrogens is 302 g/mol. The zero-order valence-corrected chi connectivity index (χ0v) is 14.0. The molecule has 3 rings (SSSR count). The summed E-state index contributed by atoms with van der Waals surface area (Å²) < 4.78 is 2.10. The monoisotopic (exact) mass is 323 g/mol. The molecular formula is C19H21N3O2. The van der Waals surface area contributed by atoms with Crippen LogP contribution >= 0.6 is 0 Å². The van der Waals surface area contributed by atoms with Crippen LogP contribution in [0.3, 0.4) is 0 Å². The molecule has 0 aliphatic rings. The van der Waals surface area contributed by atoms with E-state index in [9.17, 15) is 4.79 Å². The van der Waals surface area contributed by atoms with Crippen LogP contribution in [-0.2, 0) is 11.3 Å². The van der Waals surface area contributed by atoms with E-state index in [1.165, 1.54) is 5.56 Å². The fraction of sp³-hybridized carbons (Fsp3) is 0.316. The van der Waals surface area contributed by atoms with Gasteiger partial charge in [-0.25, -0.2) is 9.97 Å². The van der Waals surface area contributed by atoms with Crippen LogP contribution in [0, 0.1) is 13.8 Å². The number of fused-ring (bicyclic) bond motifs is 1. The van der Waals surface area contributed by atoms with E-state index in [-0.39, 0.29) is 6.42 Å². The molecule has 0 saturated heterocycles. The Morgan fingerprint density at radius 1 is 1.12 bits per heavy atom. The first-order chi connectivity index (χ1) is 11.5. The van der Waals surface area contributed by atoms with E-state index in [2.05, 4.69) is 40.7 Å². The van der Waals surface area contributed by atoms with Gasteiger partial charge in [-0.3, -0.25) is 4.79 Å². The van der Waals surface area contributed by atoms with Crippen molar-refractivity contribution in [3.63, 3.8) is 0 Å². The number of hydrogen-bond donors (Lipinski definition) is 1. The van der Waals surface area contributed by atoms with Crippen molar-refractivity contribution in [3.05, 3.63) is 47.7 Å². The van der Waals surface area contributed by atoms with E-state index in [4.69, 9.17) is 10.1 Å². The highest BCUT2D eigenvalue weighted by atomic mass is 16.4. The first-order valence-corrected chi connectivity index (χ1v) is 8.16. The van der Waals surface area contributed by atoms with Crippen molar-refractivity contribution in [2.45, 2.75) is 39.7 Å². The molecule has 0 saturated carbocycles. The molecule has 2 heterocycles. The molecule has 2 aromatic heterocycles. The van der Waals surface area contributed by atoms with Crippen LogP contribution in [0.2, 0.25) is 0 Å². The summed E-state index contributed by atoms with van der Waals surface area (Å²) in [7, 11) is 0. The maximum Gasteiger partial charge on any atom is 0.303 e. The van der Waals surface area contributed by atoms with Gasteiger partial charge in [-0.05, 0) is 38.3 Å². The topological polar surface area (TPSA) is 68.0 Å². The van der Waals surface area contributed by atoms with Crippen molar-refractivity contribution in [3.8, 4) is 11.4 Å². The molecule has 5 heteroatoms. The summed E-state index contributed by atoms with van der Waals surface area (Å²) in [5.74, 6) is 0.136. The van der Waals surface area contributed by atoms with Crippen molar-refractivity contribution in [2.75, 3.05) is 0 Å². The quantitative estimate of drug-likeness (QED) is 0.697. The average Bonchev–Trinajstić information content (AvgIpc) is 2.89. The highest BCUT2D eigenvalue weighted by Gasteiger charge is 2.13. The number of carbonyl (C=O) groups is 1. The molecule has 0 spiro atoms. The second-order valence-corrected chi connectivity index (χ2v) is 6.16. The zero-order chi connectivity index (χ0) is 17.1. The van der Waals surface area contributed by atoms with Gasteiger partial charge in [0.1, 0.15) is 11.3 Å². The molecule has 0 radical (unpaired) electrons. The third kappa shape index (κ3) is 3.45. The van der Waals surface area contributed by atoms with Crippen LogP contribution in [0.15, 0.2) is 36.5 Å². The molecule has 0 amide bonds. The lowest BCUT2D eigenvalue weighted by atomic mass is 10.1. The summed E-state index contributed by atoms with van der Waals surface area (Å²) in [5, 5.41) is 8.80. The summed E-state index contributed by atoms with van der Waals surface area (Å²) in [5.41, 5.74) is 5.06. The molecule has 5 nitrogen and oxygen atoms in total. The van der Waals surface area contributed by atoms with Crippen molar-refractivity contribution in [1.82, 2.24) is 14.5 Å². The standard InChI is InChI=1S/C19H21N3O2/c1-13-6-8-15(9-7-13)18-21-16-11-14(2)12-20-19(16)22(18)10-4-3-5-17(23)24/h6-9,11-12H,3-5,10H2,1-2H3,(H,23,24). The predicted molar refractivity (Wildman–Crippen MR) is 93.9 cm³/mol. The largest absolute Gasteiger partial charge is 0.481 e. The molecule has 0 aliphatic carbocycles. The minimum Gasteiger partial charge on any atom is -0.481 e. The second-order valence-electron chi connectivity index (χ2n) is 6.16. The lowest BCUT2D eigenvalue weighted by Gasteiger charge is -2.08. The normalized spacial score (nSPS) is 11.1. The number of pyridine rings is 1. The van der Waals surface area contributed by atoms with Gasteiger partial charge < -0.3 is 9.67 Å². The fourth-order valence-corrected chi connectivity index (χ4v) is 2.79. The minimum atomic E-state index is -0.752. The summed E-state index contributed by atoms with van der Waals surface area (Å²) in [6.45, 7) is 4.77. The lowest BCUT2D eigenvalue weighted by molar-refractivity contribution is -0.137. The summed E-state index contributed by atoms with van der Waals surface area (Å²) in [4.78, 5) is 20.0. The predicted octanol–water partition coefficient (Wildman–Crippen LogP) is 3.97. The number of carboxylic acids is 1. The highest BCUT2D eigenvalue weighted by molar-refractivity contribution is 5.77. The van der Waals surface area contributed by atoms with Crippen LogP contribution in [0.4, 0.5) is 0 Å². The molecule has 0 unspecified atom stereocenters. The number of aryl methyl sites for hydroxylation is 3. The van der Waals surface area contributed by atoms with Gasteiger partial charge in [-0.15, -0.1) is 0 Å². The number of imidazole rings is 1. The summed E-state index contributed by atoms with van der Waals surface area (Å²) in [6.07, 6.45) is 3.47. The van der Waals surface area contributed by atoms with Gasteiger partial charge in [-0.1, -0.05) is 29.8 Å². The Hall–Kier alpha value is -2.69. The zero-order valence-electron chi connectivity index (χ0n) is 14.0. The SMILES string of the molecule is Cc1ccc(-c2nc3cc(C)cnc3n2CCCCC(=O)O)cc1. The number of aromatic nitrogens is 3. The van der Waals surface area contributed by atoms with E-state index < -0.39 is 5.97 Å². The first-order valence-electron chi connectivity index (χ1n) is 8.16. The van der Waals surface area contributed by atoms with Gasteiger partial charge in [0.25, 0.3) is 0 Å². The van der Waals surface area contributed by atoms with E-state index in [1.807, 2.05) is 19.2 Å². The van der Waals surface area contributed by atoms with E-state index in [1.54, 1.807) is 0 Å². The van der Waals surface area contributed by atoms with Gasteiger partial charge in [0.2, 0.25) is 0 Å². The van der Waals surface area contributed by atoms with Crippen LogP contribution in [-0.4, -0.2) is 25.6 Å². The Kier molecular flexibility index (Phi) is 4.60. The third-order valence-electron chi connectivity index (χ3n) is 4.05. The average molecular weight is 323 g/mol. The number of hydrogen-bond acceptors (Lipinski definition) is 3. The summed E-state index contributed by atoms with van der Waals surface area (Å²) >= 11 is 0. The number of rotatable bonds is 6. The smallest absolute Gasteiger partial charge is 0.303 e. The Morgan fingerprint density at radius 3 is 2.58 bits per heavy atom. The minimum absolute atomic E-state index is 0.193. The third-order valence-corrected chi connectivity index (χ3v) is 4.05. The Morgan fingerprint density at radius 2 is 1.88 bits per heavy atom. The van der Waals surface area contributed by atoms with Gasteiger partial charge in [0.15, 0.2) is 5.65 Å². The number of benzene rings is 1. The molecule has 0 atom stereocenters. The molecule has 0 aliphatic heterocycles. The fourth-order valence-electron chi connectivity index (χ4n) is 2.79. The molecule has 124 valence electrons. The first kappa shape index (κ1) is 16.2. The van der Waals surface area contributed by atoms with Gasteiger partial charge in [0.05, 0.1) is 0 Å². The maximum absolute atomic E-state index is 10.7. The van der Waals surface area contributed by atoms with Gasteiger partial charge in [-0.2, -0.15) is 0 Å². The second kappa shape index (κ2) is 6.83. The van der Waals surface area contributed by atoms with E-state index >= 15 is 0 Å². The molecule has 0 bridgehead atoms. The van der Waals surface area contributed by atoms with Crippen LogP contribution in [0.25, 0.3) is 22.6 Å². The molecule has 3 aromatic rings. The highest BCUT2D eigenvalue weighted by Crippen LogP contribution is 2.25. The maximum atomic E-state index is 10.7. The van der Waals surface area contributed by atoms with E-state index in [0.29, 0.717) is 13.0 Å². The Labute approximate surface area is 141 Å². The van der Waals surface area contributed by atoms with Crippen LogP contribution < -0.4 is 0 Å². The summed E-state index contributed by atoms with van der Waals surface area (Å²) in [6, 6.07) is 10.3. The van der Waals surface area contributed by atoms with Crippen molar-refractivity contribution < 1.29 is 9.90 Å². The molecule has 1 aromatic carbocycles. The molecule has 0 fully saturated rings. The number of aliphatic carboxylic acids is 1. The Balaban J connectivity index is 1.98. The molecule has 1 N–H and O–H groups in total. The molecule has 24 heavy (non-hydrogen) atoms. The van der Waals surface area contributed by atoms with E-state index in [0.717, 1.165) is 34.5 Å². The van der Waals surface area contributed by atoms with Crippen molar-refractivity contribution in [2.24, 2.45) is 0 Å². The van der Waals surface area contributed by atoms with Crippen LogP contribution in [0.5, 0.6) is 0 Å². The Bertz CT molecular complexity index is 866. The van der Waals surface area contributed by atoms with Crippen LogP contribution in [0.1, 0.15) is 30.4 Å².